The van der Waals surface area contributed by atoms with Gasteiger partial charge in [0.15, 0.2) is 0 Å². The van der Waals surface area contributed by atoms with Gasteiger partial charge in [0.05, 0.1) is 6.61 Å². The standard InChI is InChI=1S/C14H21NO3/c1-3-16-14(17-4-2)18-12-8-11-15-13-9-6-5-7-10-13/h5-11,14-15H,3-4,12H2,1-2H3. The van der Waals surface area contributed by atoms with Crippen LogP contribution in [0.4, 0.5) is 5.69 Å². The van der Waals surface area contributed by atoms with Crippen molar-refractivity contribution in [2.24, 2.45) is 0 Å². The smallest absolute Gasteiger partial charge is 0.271 e. The number of anilines is 1. The third kappa shape index (κ3) is 6.39. The lowest BCUT2D eigenvalue weighted by atomic mass is 10.3. The first-order chi connectivity index (χ1) is 8.86. The molecular formula is C14H21NO3. The second kappa shape index (κ2) is 9.65. The van der Waals surface area contributed by atoms with E-state index in [4.69, 9.17) is 14.2 Å². The van der Waals surface area contributed by atoms with Crippen LogP contribution in [0, 0.1) is 0 Å². The predicted molar refractivity (Wildman–Crippen MR) is 72.2 cm³/mol. The van der Waals surface area contributed by atoms with Crippen LogP contribution in [0.25, 0.3) is 0 Å². The molecule has 100 valence electrons. The Morgan fingerprint density at radius 3 is 2.33 bits per heavy atom. The van der Waals surface area contributed by atoms with Gasteiger partial charge in [0, 0.05) is 18.9 Å². The van der Waals surface area contributed by atoms with Gasteiger partial charge in [-0.2, -0.15) is 0 Å². The highest BCUT2D eigenvalue weighted by Crippen LogP contribution is 2.04. The van der Waals surface area contributed by atoms with Gasteiger partial charge in [-0.25, -0.2) is 0 Å². The van der Waals surface area contributed by atoms with E-state index in [-0.39, 0.29) is 0 Å². The molecule has 0 aliphatic heterocycles. The molecule has 0 bridgehead atoms. The highest BCUT2D eigenvalue weighted by Gasteiger charge is 2.05. The molecule has 0 fully saturated rings. The normalized spacial score (nSPS) is 11.3. The van der Waals surface area contributed by atoms with Crippen molar-refractivity contribution >= 4 is 5.69 Å². The molecule has 4 nitrogen and oxygen atoms in total. The monoisotopic (exact) mass is 251 g/mol. The quantitative estimate of drug-likeness (QED) is 0.685. The first-order valence-electron chi connectivity index (χ1n) is 6.18. The van der Waals surface area contributed by atoms with E-state index in [2.05, 4.69) is 5.32 Å². The number of rotatable bonds is 9. The number of para-hydroxylation sites is 1. The Bertz CT molecular complexity index is 321. The van der Waals surface area contributed by atoms with Gasteiger partial charge < -0.3 is 19.5 Å². The molecule has 4 heteroatoms. The Kier molecular flexibility index (Phi) is 7.88. The van der Waals surface area contributed by atoms with E-state index in [0.29, 0.717) is 19.8 Å². The third-order valence-corrected chi connectivity index (χ3v) is 2.08. The lowest BCUT2D eigenvalue weighted by Gasteiger charge is -2.15. The Morgan fingerprint density at radius 2 is 1.72 bits per heavy atom. The van der Waals surface area contributed by atoms with Gasteiger partial charge >= 0.3 is 0 Å². The average Bonchev–Trinajstić information content (AvgIpc) is 2.40. The van der Waals surface area contributed by atoms with E-state index in [1.165, 1.54) is 0 Å². The maximum Gasteiger partial charge on any atom is 0.271 e. The molecule has 1 aromatic carbocycles. The average molecular weight is 251 g/mol. The summed E-state index contributed by atoms with van der Waals surface area (Å²) in [5, 5.41) is 3.14. The molecule has 0 saturated heterocycles. The van der Waals surface area contributed by atoms with Gasteiger partial charge in [-0.3, -0.25) is 0 Å². The summed E-state index contributed by atoms with van der Waals surface area (Å²) in [6.45, 7) is 4.80. The molecule has 1 rings (SSSR count). The zero-order valence-electron chi connectivity index (χ0n) is 11.0. The minimum atomic E-state index is -0.582. The number of nitrogens with one attached hydrogen (secondary N) is 1. The zero-order chi connectivity index (χ0) is 13.1. The Labute approximate surface area is 109 Å². The molecule has 0 radical (unpaired) electrons. The number of hydrogen-bond donors (Lipinski definition) is 1. The van der Waals surface area contributed by atoms with Crippen molar-refractivity contribution in [3.63, 3.8) is 0 Å². The fraction of sp³-hybridized carbons (Fsp3) is 0.429. The topological polar surface area (TPSA) is 39.7 Å². The molecule has 0 heterocycles. The van der Waals surface area contributed by atoms with Crippen molar-refractivity contribution in [3.8, 4) is 0 Å². The van der Waals surface area contributed by atoms with Crippen LogP contribution in [0.2, 0.25) is 0 Å². The number of ether oxygens (including phenoxy) is 3. The zero-order valence-corrected chi connectivity index (χ0v) is 11.0. The molecular weight excluding hydrogens is 230 g/mol. The van der Waals surface area contributed by atoms with Crippen LogP contribution in [-0.4, -0.2) is 26.3 Å². The van der Waals surface area contributed by atoms with Gasteiger partial charge in [-0.05, 0) is 38.3 Å². The Hall–Kier alpha value is -1.36. The lowest BCUT2D eigenvalue weighted by molar-refractivity contribution is -0.280. The minimum Gasteiger partial charge on any atom is -0.362 e. The largest absolute Gasteiger partial charge is 0.362 e. The summed E-state index contributed by atoms with van der Waals surface area (Å²) in [6.07, 6.45) is 3.71. The number of benzene rings is 1. The molecule has 0 unspecified atom stereocenters. The van der Waals surface area contributed by atoms with Crippen molar-refractivity contribution in [2.45, 2.75) is 20.3 Å². The first kappa shape index (κ1) is 14.7. The van der Waals surface area contributed by atoms with Crippen molar-refractivity contribution < 1.29 is 14.2 Å². The maximum atomic E-state index is 5.39. The van der Waals surface area contributed by atoms with E-state index in [9.17, 15) is 0 Å². The Morgan fingerprint density at radius 1 is 1.06 bits per heavy atom. The summed E-state index contributed by atoms with van der Waals surface area (Å²) in [6, 6.07) is 9.93. The molecule has 1 aromatic rings. The van der Waals surface area contributed by atoms with Crippen LogP contribution in [0.5, 0.6) is 0 Å². The molecule has 0 saturated carbocycles. The second-order valence-corrected chi connectivity index (χ2v) is 3.45. The van der Waals surface area contributed by atoms with Crippen LogP contribution in [0.1, 0.15) is 13.8 Å². The SMILES string of the molecule is CCOC(OCC)OCC=CNc1ccccc1. The van der Waals surface area contributed by atoms with Crippen LogP contribution in [0.3, 0.4) is 0 Å². The van der Waals surface area contributed by atoms with Gasteiger partial charge in [-0.1, -0.05) is 18.2 Å². The molecule has 0 amide bonds. The van der Waals surface area contributed by atoms with Crippen LogP contribution >= 0.6 is 0 Å². The third-order valence-electron chi connectivity index (χ3n) is 2.08. The second-order valence-electron chi connectivity index (χ2n) is 3.45. The van der Waals surface area contributed by atoms with E-state index in [0.717, 1.165) is 5.69 Å². The van der Waals surface area contributed by atoms with E-state index < -0.39 is 6.48 Å². The summed E-state index contributed by atoms with van der Waals surface area (Å²) >= 11 is 0. The summed E-state index contributed by atoms with van der Waals surface area (Å²) < 4.78 is 15.9. The summed E-state index contributed by atoms with van der Waals surface area (Å²) in [7, 11) is 0. The van der Waals surface area contributed by atoms with Gasteiger partial charge in [-0.15, -0.1) is 0 Å². The molecule has 1 N–H and O–H groups in total. The van der Waals surface area contributed by atoms with E-state index in [1.807, 2.05) is 56.5 Å². The van der Waals surface area contributed by atoms with E-state index >= 15 is 0 Å². The van der Waals surface area contributed by atoms with Crippen LogP contribution < -0.4 is 5.32 Å². The van der Waals surface area contributed by atoms with E-state index in [1.54, 1.807) is 0 Å². The molecule has 0 atom stereocenters. The summed E-state index contributed by atoms with van der Waals surface area (Å²) in [5.74, 6) is 0. The highest BCUT2D eigenvalue weighted by atomic mass is 16.8. The highest BCUT2D eigenvalue weighted by molar-refractivity contribution is 5.44. The van der Waals surface area contributed by atoms with Crippen LogP contribution in [-0.2, 0) is 14.2 Å². The van der Waals surface area contributed by atoms with Crippen molar-refractivity contribution in [2.75, 3.05) is 25.1 Å². The summed E-state index contributed by atoms with van der Waals surface area (Å²) in [5.41, 5.74) is 1.04. The van der Waals surface area contributed by atoms with Gasteiger partial charge in [0.25, 0.3) is 6.48 Å². The van der Waals surface area contributed by atoms with Crippen molar-refractivity contribution in [3.05, 3.63) is 42.6 Å². The lowest BCUT2D eigenvalue weighted by Crippen LogP contribution is -2.21. The molecule has 0 spiro atoms. The maximum absolute atomic E-state index is 5.39. The Balaban J connectivity index is 2.19. The molecule has 0 aliphatic carbocycles. The van der Waals surface area contributed by atoms with Gasteiger partial charge in [0.2, 0.25) is 0 Å². The number of hydrogen-bond acceptors (Lipinski definition) is 4. The fourth-order valence-electron chi connectivity index (χ4n) is 1.29. The van der Waals surface area contributed by atoms with Gasteiger partial charge in [0.1, 0.15) is 0 Å². The fourth-order valence-corrected chi connectivity index (χ4v) is 1.29. The predicted octanol–water partition coefficient (Wildman–Crippen LogP) is 2.99. The minimum absolute atomic E-state index is 0.435. The van der Waals surface area contributed by atoms with Crippen molar-refractivity contribution in [1.29, 1.82) is 0 Å². The first-order valence-corrected chi connectivity index (χ1v) is 6.18. The summed E-state index contributed by atoms with van der Waals surface area (Å²) in [4.78, 5) is 0. The molecule has 0 aliphatic rings. The molecule has 0 aromatic heterocycles. The van der Waals surface area contributed by atoms with Crippen LogP contribution in [0.15, 0.2) is 42.6 Å². The molecule has 18 heavy (non-hydrogen) atoms. The van der Waals surface area contributed by atoms with Crippen molar-refractivity contribution in [1.82, 2.24) is 0 Å².